The predicted molar refractivity (Wildman–Crippen MR) is 130 cm³/mol. The van der Waals surface area contributed by atoms with Gasteiger partial charge in [0.2, 0.25) is 0 Å². The number of hydrogen-bond donors (Lipinski definition) is 1. The van der Waals surface area contributed by atoms with Gasteiger partial charge in [0.15, 0.2) is 9.84 Å². The lowest BCUT2D eigenvalue weighted by Crippen LogP contribution is -2.05. The quantitative estimate of drug-likeness (QED) is 0.271. The van der Waals surface area contributed by atoms with Gasteiger partial charge in [-0.2, -0.15) is 8.78 Å². The predicted octanol–water partition coefficient (Wildman–Crippen LogP) is 6.91. The highest BCUT2D eigenvalue weighted by atomic mass is 35.5. The largest absolute Gasteiger partial charge is 0.434 e. The average Bonchev–Trinajstić information content (AvgIpc) is 3.17. The molecule has 178 valence electrons. The Bertz CT molecular complexity index is 1440. The number of rotatable bonds is 8. The minimum Gasteiger partial charge on any atom is -0.434 e. The molecule has 0 aliphatic rings. The maximum Gasteiger partial charge on any atom is 0.387 e. The molecular weight excluding hydrogens is 505 g/mol. The molecule has 34 heavy (non-hydrogen) atoms. The number of para-hydroxylation sites is 1. The fourth-order valence-electron chi connectivity index (χ4n) is 3.73. The van der Waals surface area contributed by atoms with Crippen LogP contribution in [-0.2, 0) is 16.3 Å². The number of halogens is 4. The third kappa shape index (κ3) is 5.04. The van der Waals surface area contributed by atoms with E-state index in [0.717, 1.165) is 5.56 Å². The topological polar surface area (TPSA) is 72.1 Å². The van der Waals surface area contributed by atoms with E-state index in [1.807, 2.05) is 6.92 Å². The van der Waals surface area contributed by atoms with Gasteiger partial charge in [-0.05, 0) is 36.2 Å². The molecule has 0 aliphatic carbocycles. The molecule has 0 atom stereocenters. The zero-order valence-electron chi connectivity index (χ0n) is 18.0. The SMILES string of the molecule is CCCS(=O)(=O)c1ccc(Cc2nc3c(Cl)c(-c4ccccc4OC(F)F)c(Cl)cc3[nH]2)cc1. The van der Waals surface area contributed by atoms with Crippen LogP contribution in [0.15, 0.2) is 59.5 Å². The second kappa shape index (κ2) is 9.90. The highest BCUT2D eigenvalue weighted by molar-refractivity contribution is 7.91. The number of aromatic nitrogens is 2. The number of fused-ring (bicyclic) bond motifs is 1. The monoisotopic (exact) mass is 524 g/mol. The van der Waals surface area contributed by atoms with Crippen LogP contribution < -0.4 is 4.74 Å². The molecule has 0 radical (unpaired) electrons. The number of benzene rings is 3. The molecule has 0 aliphatic heterocycles. The molecule has 10 heteroatoms. The molecular formula is C24H20Cl2F2N2O3S. The van der Waals surface area contributed by atoms with Crippen molar-refractivity contribution in [2.45, 2.75) is 31.3 Å². The van der Waals surface area contributed by atoms with Crippen LogP contribution in [0.5, 0.6) is 5.75 Å². The third-order valence-corrected chi connectivity index (χ3v) is 7.82. The van der Waals surface area contributed by atoms with Crippen molar-refractivity contribution in [2.24, 2.45) is 0 Å². The maximum absolute atomic E-state index is 12.9. The molecule has 1 aromatic heterocycles. The molecule has 0 spiro atoms. The molecule has 0 saturated heterocycles. The minimum atomic E-state index is -3.29. The number of nitrogens with zero attached hydrogens (tertiary/aromatic N) is 1. The summed E-state index contributed by atoms with van der Waals surface area (Å²) >= 11 is 13.1. The van der Waals surface area contributed by atoms with Crippen LogP contribution in [0.2, 0.25) is 10.0 Å². The summed E-state index contributed by atoms with van der Waals surface area (Å²) in [7, 11) is -3.29. The Morgan fingerprint density at radius 3 is 2.47 bits per heavy atom. The number of imidazole rings is 1. The second-order valence-electron chi connectivity index (χ2n) is 7.64. The van der Waals surface area contributed by atoms with Crippen LogP contribution >= 0.6 is 23.2 Å². The van der Waals surface area contributed by atoms with Gasteiger partial charge in [0.1, 0.15) is 17.1 Å². The Morgan fingerprint density at radius 2 is 1.79 bits per heavy atom. The van der Waals surface area contributed by atoms with Crippen molar-refractivity contribution in [2.75, 3.05) is 5.75 Å². The van der Waals surface area contributed by atoms with Crippen LogP contribution in [0.25, 0.3) is 22.2 Å². The van der Waals surface area contributed by atoms with Gasteiger partial charge in [-0.1, -0.05) is 60.5 Å². The van der Waals surface area contributed by atoms with Gasteiger partial charge in [-0.15, -0.1) is 0 Å². The fourth-order valence-corrected chi connectivity index (χ4v) is 5.75. The van der Waals surface area contributed by atoms with Crippen molar-refractivity contribution < 1.29 is 21.9 Å². The molecule has 0 unspecified atom stereocenters. The van der Waals surface area contributed by atoms with Gasteiger partial charge in [-0.3, -0.25) is 0 Å². The van der Waals surface area contributed by atoms with E-state index in [9.17, 15) is 17.2 Å². The van der Waals surface area contributed by atoms with Crippen LogP contribution in [0.4, 0.5) is 8.78 Å². The normalized spacial score (nSPS) is 11.9. The molecule has 0 amide bonds. The van der Waals surface area contributed by atoms with Crippen LogP contribution in [-0.4, -0.2) is 30.8 Å². The van der Waals surface area contributed by atoms with E-state index in [1.165, 1.54) is 6.07 Å². The van der Waals surface area contributed by atoms with Gasteiger partial charge in [0.25, 0.3) is 0 Å². The van der Waals surface area contributed by atoms with E-state index in [-0.39, 0.29) is 26.4 Å². The van der Waals surface area contributed by atoms with Crippen LogP contribution in [0.1, 0.15) is 24.7 Å². The van der Waals surface area contributed by atoms with Gasteiger partial charge in [-0.25, -0.2) is 13.4 Å². The number of alkyl halides is 2. The first-order valence-electron chi connectivity index (χ1n) is 10.4. The number of ether oxygens (including phenoxy) is 1. The Kier molecular flexibility index (Phi) is 7.12. The van der Waals surface area contributed by atoms with Gasteiger partial charge in [0.05, 0.1) is 26.2 Å². The standard InChI is InChI=1S/C24H20Cl2F2N2O3S/c1-2-11-34(31,32)15-9-7-14(8-10-15)12-20-29-18-13-17(25)21(22(26)23(18)30-20)16-5-3-4-6-19(16)33-24(27)28/h3-10,13,24H,2,11-12H2,1H3,(H,29,30). The van der Waals surface area contributed by atoms with Crippen molar-refractivity contribution in [3.8, 4) is 16.9 Å². The summed E-state index contributed by atoms with van der Waals surface area (Å²) in [5, 5.41) is 0.458. The Hall–Kier alpha value is -2.68. The Morgan fingerprint density at radius 1 is 1.09 bits per heavy atom. The highest BCUT2D eigenvalue weighted by Gasteiger charge is 2.20. The Balaban J connectivity index is 1.68. The second-order valence-corrected chi connectivity index (χ2v) is 10.5. The first-order chi connectivity index (χ1) is 16.2. The van der Waals surface area contributed by atoms with Crippen molar-refractivity contribution in [3.05, 3.63) is 76.0 Å². The minimum absolute atomic E-state index is 0.0467. The summed E-state index contributed by atoms with van der Waals surface area (Å²) in [4.78, 5) is 8.02. The number of nitrogens with one attached hydrogen (secondary N) is 1. The summed E-state index contributed by atoms with van der Waals surface area (Å²) in [6, 6.07) is 14.6. The molecule has 4 aromatic rings. The third-order valence-electron chi connectivity index (χ3n) is 5.22. The first-order valence-corrected chi connectivity index (χ1v) is 12.8. The van der Waals surface area contributed by atoms with Gasteiger partial charge in [0, 0.05) is 17.5 Å². The molecule has 0 saturated carbocycles. The number of aromatic amines is 1. The molecule has 4 rings (SSSR count). The highest BCUT2D eigenvalue weighted by Crippen LogP contribution is 2.43. The lowest BCUT2D eigenvalue weighted by atomic mass is 10.0. The lowest BCUT2D eigenvalue weighted by Gasteiger charge is -2.13. The molecule has 3 aromatic carbocycles. The maximum atomic E-state index is 12.9. The summed E-state index contributed by atoms with van der Waals surface area (Å²) in [5.41, 5.74) is 2.55. The van der Waals surface area contributed by atoms with Crippen LogP contribution in [0, 0.1) is 0 Å². The number of hydrogen-bond acceptors (Lipinski definition) is 4. The Labute approximate surface area is 205 Å². The summed E-state index contributed by atoms with van der Waals surface area (Å²) in [5.74, 6) is 0.643. The molecule has 0 fully saturated rings. The number of H-pyrrole nitrogens is 1. The van der Waals surface area contributed by atoms with Crippen molar-refractivity contribution >= 4 is 44.1 Å². The van der Waals surface area contributed by atoms with Gasteiger partial charge >= 0.3 is 6.61 Å². The fraction of sp³-hybridized carbons (Fsp3) is 0.208. The smallest absolute Gasteiger partial charge is 0.387 e. The summed E-state index contributed by atoms with van der Waals surface area (Å²) in [6.45, 7) is -1.18. The number of sulfone groups is 1. The van der Waals surface area contributed by atoms with E-state index >= 15 is 0 Å². The van der Waals surface area contributed by atoms with E-state index in [2.05, 4.69) is 14.7 Å². The molecule has 5 nitrogen and oxygen atoms in total. The zero-order chi connectivity index (χ0) is 24.5. The average molecular weight is 525 g/mol. The van der Waals surface area contributed by atoms with Gasteiger partial charge < -0.3 is 9.72 Å². The van der Waals surface area contributed by atoms with E-state index in [1.54, 1.807) is 48.5 Å². The molecule has 1 heterocycles. The summed E-state index contributed by atoms with van der Waals surface area (Å²) in [6.07, 6.45) is 0.949. The van der Waals surface area contributed by atoms with E-state index in [4.69, 9.17) is 23.2 Å². The lowest BCUT2D eigenvalue weighted by molar-refractivity contribution is -0.0494. The zero-order valence-corrected chi connectivity index (χ0v) is 20.3. The molecule has 1 N–H and O–H groups in total. The van der Waals surface area contributed by atoms with E-state index < -0.39 is 16.4 Å². The van der Waals surface area contributed by atoms with Crippen LogP contribution in [0.3, 0.4) is 0 Å². The molecule has 0 bridgehead atoms. The first kappa shape index (κ1) is 24.4. The van der Waals surface area contributed by atoms with Crippen molar-refractivity contribution in [3.63, 3.8) is 0 Å². The van der Waals surface area contributed by atoms with Crippen molar-refractivity contribution in [1.82, 2.24) is 9.97 Å². The summed E-state index contributed by atoms with van der Waals surface area (Å²) < 4.78 is 54.8. The van der Waals surface area contributed by atoms with E-state index in [0.29, 0.717) is 40.8 Å². The van der Waals surface area contributed by atoms with Crippen molar-refractivity contribution in [1.29, 1.82) is 0 Å².